The van der Waals surface area contributed by atoms with Crippen molar-refractivity contribution in [1.82, 2.24) is 0 Å². The number of ether oxygens (including phenoxy) is 1. The average molecular weight is 266 g/mol. The third kappa shape index (κ3) is 5.01. The van der Waals surface area contributed by atoms with E-state index in [1.54, 1.807) is 18.2 Å². The van der Waals surface area contributed by atoms with Gasteiger partial charge < -0.3 is 20.1 Å². The first-order chi connectivity index (χ1) is 9.04. The quantitative estimate of drug-likeness (QED) is 0.520. The minimum atomic E-state index is -0.972. The zero-order valence-electron chi connectivity index (χ0n) is 10.7. The van der Waals surface area contributed by atoms with Crippen LogP contribution >= 0.6 is 0 Å². The maximum absolute atomic E-state index is 10.2. The lowest BCUT2D eigenvalue weighted by atomic mass is 10.0. The number of carboxylic acid groups (broad SMARTS) is 1. The summed E-state index contributed by atoms with van der Waals surface area (Å²) in [6, 6.07) is 4.76. The van der Waals surface area contributed by atoms with E-state index in [2.05, 4.69) is 0 Å². The number of benzene rings is 1. The van der Waals surface area contributed by atoms with E-state index in [0.29, 0.717) is 30.6 Å². The van der Waals surface area contributed by atoms with Crippen LogP contribution < -0.4 is 4.74 Å². The van der Waals surface area contributed by atoms with Crippen LogP contribution in [0, 0.1) is 0 Å². The van der Waals surface area contributed by atoms with Gasteiger partial charge in [-0.2, -0.15) is 0 Å². The molecule has 3 N–H and O–H groups in total. The van der Waals surface area contributed by atoms with Gasteiger partial charge in [0.2, 0.25) is 0 Å². The Morgan fingerprint density at radius 1 is 1.47 bits per heavy atom. The Kier molecular flexibility index (Phi) is 5.89. The van der Waals surface area contributed by atoms with Crippen molar-refractivity contribution in [2.75, 3.05) is 7.11 Å². The van der Waals surface area contributed by atoms with Gasteiger partial charge in [0, 0.05) is 6.08 Å². The van der Waals surface area contributed by atoms with Crippen LogP contribution in [0.5, 0.6) is 11.5 Å². The molecule has 1 aromatic carbocycles. The fourth-order valence-electron chi connectivity index (χ4n) is 1.69. The van der Waals surface area contributed by atoms with Crippen LogP contribution in [0.3, 0.4) is 0 Å². The summed E-state index contributed by atoms with van der Waals surface area (Å²) in [5, 5.41) is 27.9. The molecule has 0 spiro atoms. The third-order valence-corrected chi connectivity index (χ3v) is 2.70. The molecule has 1 aromatic rings. The Balaban J connectivity index is 2.47. The minimum absolute atomic E-state index is 0.00942. The van der Waals surface area contributed by atoms with Gasteiger partial charge in [0.25, 0.3) is 0 Å². The second-order valence-corrected chi connectivity index (χ2v) is 4.12. The fourth-order valence-corrected chi connectivity index (χ4v) is 1.69. The van der Waals surface area contributed by atoms with Crippen LogP contribution in [0.1, 0.15) is 30.9 Å². The number of aliphatic carboxylic acids is 1. The second-order valence-electron chi connectivity index (χ2n) is 4.12. The number of carbonyl (C=O) groups is 1. The molecular weight excluding hydrogens is 248 g/mol. The highest BCUT2D eigenvalue weighted by Crippen LogP contribution is 2.30. The number of phenols is 1. The number of rotatable bonds is 7. The van der Waals surface area contributed by atoms with Crippen LogP contribution in [0.4, 0.5) is 0 Å². The lowest BCUT2D eigenvalue weighted by Crippen LogP contribution is -1.97. The topological polar surface area (TPSA) is 87.0 Å². The van der Waals surface area contributed by atoms with Gasteiger partial charge in [0.15, 0.2) is 11.5 Å². The number of carboxylic acids is 1. The van der Waals surface area contributed by atoms with Gasteiger partial charge in [-0.05, 0) is 37.0 Å². The van der Waals surface area contributed by atoms with Crippen molar-refractivity contribution in [2.45, 2.75) is 25.4 Å². The molecule has 0 bridgehead atoms. The van der Waals surface area contributed by atoms with Crippen LogP contribution in [-0.2, 0) is 4.79 Å². The number of phenolic OH excluding ortho intramolecular Hbond substituents is 1. The minimum Gasteiger partial charge on any atom is -0.504 e. The molecule has 0 unspecified atom stereocenters. The predicted octanol–water partition coefficient (Wildman–Crippen LogP) is 2.25. The van der Waals surface area contributed by atoms with Crippen molar-refractivity contribution in [3.8, 4) is 11.5 Å². The van der Waals surface area contributed by atoms with Crippen LogP contribution in [-0.4, -0.2) is 28.4 Å². The van der Waals surface area contributed by atoms with E-state index in [4.69, 9.17) is 9.84 Å². The molecule has 5 nitrogen and oxygen atoms in total. The molecule has 5 heteroatoms. The Labute approximate surface area is 111 Å². The maximum Gasteiger partial charge on any atom is 0.327 e. The molecule has 0 radical (unpaired) electrons. The SMILES string of the molecule is COc1ccc([C@H](O)CCC/C=C/C(=O)O)cc1O. The molecule has 0 aliphatic rings. The summed E-state index contributed by atoms with van der Waals surface area (Å²) in [5.74, 6) is -0.620. The summed E-state index contributed by atoms with van der Waals surface area (Å²) in [4.78, 5) is 10.2. The zero-order chi connectivity index (χ0) is 14.3. The van der Waals surface area contributed by atoms with E-state index in [1.165, 1.54) is 13.2 Å². The molecule has 0 amide bonds. The summed E-state index contributed by atoms with van der Waals surface area (Å²) in [7, 11) is 1.46. The van der Waals surface area contributed by atoms with Gasteiger partial charge >= 0.3 is 5.97 Å². The van der Waals surface area contributed by atoms with Gasteiger partial charge in [0.05, 0.1) is 13.2 Å². The Hall–Kier alpha value is -2.01. The summed E-state index contributed by atoms with van der Waals surface area (Å²) in [5.41, 5.74) is 0.612. The van der Waals surface area contributed by atoms with E-state index < -0.39 is 12.1 Å². The van der Waals surface area contributed by atoms with Crippen molar-refractivity contribution in [2.24, 2.45) is 0 Å². The van der Waals surface area contributed by atoms with Gasteiger partial charge in [-0.15, -0.1) is 0 Å². The first-order valence-corrected chi connectivity index (χ1v) is 5.99. The van der Waals surface area contributed by atoms with Gasteiger partial charge in [-0.3, -0.25) is 0 Å². The van der Waals surface area contributed by atoms with Gasteiger partial charge in [-0.1, -0.05) is 12.1 Å². The van der Waals surface area contributed by atoms with Crippen molar-refractivity contribution in [3.63, 3.8) is 0 Å². The molecule has 0 fully saturated rings. The summed E-state index contributed by atoms with van der Waals surface area (Å²) >= 11 is 0. The molecule has 0 heterocycles. The van der Waals surface area contributed by atoms with E-state index in [-0.39, 0.29) is 5.75 Å². The standard InChI is InChI=1S/C14H18O5/c1-19-13-8-7-10(9-12(13)16)11(15)5-3-2-4-6-14(17)18/h4,6-9,11,15-16H,2-3,5H2,1H3,(H,17,18)/b6-4+/t11-/m1/s1. The third-order valence-electron chi connectivity index (χ3n) is 2.70. The monoisotopic (exact) mass is 266 g/mol. The Bertz CT molecular complexity index is 453. The molecule has 0 aliphatic heterocycles. The van der Waals surface area contributed by atoms with Crippen molar-refractivity contribution in [1.29, 1.82) is 0 Å². The molecule has 104 valence electrons. The molecule has 0 aromatic heterocycles. The van der Waals surface area contributed by atoms with E-state index in [0.717, 1.165) is 6.08 Å². The number of aliphatic hydroxyl groups excluding tert-OH is 1. The van der Waals surface area contributed by atoms with Gasteiger partial charge in [-0.25, -0.2) is 4.79 Å². The summed E-state index contributed by atoms with van der Waals surface area (Å²) in [6.07, 6.45) is 3.71. The lowest BCUT2D eigenvalue weighted by Gasteiger charge is -2.12. The van der Waals surface area contributed by atoms with E-state index >= 15 is 0 Å². The normalized spacial score (nSPS) is 12.5. The molecule has 0 saturated heterocycles. The number of allylic oxidation sites excluding steroid dienone is 1. The smallest absolute Gasteiger partial charge is 0.327 e. The zero-order valence-corrected chi connectivity index (χ0v) is 10.7. The van der Waals surface area contributed by atoms with Crippen molar-refractivity contribution in [3.05, 3.63) is 35.9 Å². The highest BCUT2D eigenvalue weighted by atomic mass is 16.5. The number of aliphatic hydroxyl groups is 1. The second kappa shape index (κ2) is 7.43. The molecule has 1 rings (SSSR count). The number of methoxy groups -OCH3 is 1. The fraction of sp³-hybridized carbons (Fsp3) is 0.357. The predicted molar refractivity (Wildman–Crippen MR) is 70.2 cm³/mol. The molecular formula is C14H18O5. The number of unbranched alkanes of at least 4 members (excludes halogenated alkanes) is 1. The molecule has 1 atom stereocenters. The van der Waals surface area contributed by atoms with E-state index in [1.807, 2.05) is 0 Å². The van der Waals surface area contributed by atoms with Gasteiger partial charge in [0.1, 0.15) is 0 Å². The summed E-state index contributed by atoms with van der Waals surface area (Å²) in [6.45, 7) is 0. The van der Waals surface area contributed by atoms with Crippen LogP contribution in [0.25, 0.3) is 0 Å². The highest BCUT2D eigenvalue weighted by molar-refractivity contribution is 5.79. The van der Waals surface area contributed by atoms with Crippen molar-refractivity contribution >= 4 is 5.97 Å². The molecule has 0 aliphatic carbocycles. The van der Waals surface area contributed by atoms with Crippen molar-refractivity contribution < 1.29 is 24.9 Å². The van der Waals surface area contributed by atoms with Crippen LogP contribution in [0.15, 0.2) is 30.4 Å². The number of hydrogen-bond acceptors (Lipinski definition) is 4. The van der Waals surface area contributed by atoms with E-state index in [9.17, 15) is 15.0 Å². The maximum atomic E-state index is 10.2. The average Bonchev–Trinajstić information content (AvgIpc) is 2.37. The lowest BCUT2D eigenvalue weighted by molar-refractivity contribution is -0.131. The molecule has 0 saturated carbocycles. The Morgan fingerprint density at radius 3 is 2.79 bits per heavy atom. The number of aromatic hydroxyl groups is 1. The Morgan fingerprint density at radius 2 is 2.21 bits per heavy atom. The largest absolute Gasteiger partial charge is 0.504 e. The first kappa shape index (κ1) is 15.0. The summed E-state index contributed by atoms with van der Waals surface area (Å²) < 4.78 is 4.92. The van der Waals surface area contributed by atoms with Crippen LogP contribution in [0.2, 0.25) is 0 Å². The number of hydrogen-bond donors (Lipinski definition) is 3. The first-order valence-electron chi connectivity index (χ1n) is 5.99. The highest BCUT2D eigenvalue weighted by Gasteiger charge is 2.10. The molecule has 19 heavy (non-hydrogen) atoms.